The summed E-state index contributed by atoms with van der Waals surface area (Å²) in [7, 11) is -4.78. The quantitative estimate of drug-likeness (QED) is 0.107. The summed E-state index contributed by atoms with van der Waals surface area (Å²) in [5.74, 6) is -1.49. The van der Waals surface area contributed by atoms with Crippen LogP contribution in [0.25, 0.3) is 0 Å². The molecule has 0 atom stereocenters. The first kappa shape index (κ1) is 32.7. The molecule has 12 heteroatoms. The van der Waals surface area contributed by atoms with Crippen molar-refractivity contribution in [3.05, 3.63) is 107 Å². The summed E-state index contributed by atoms with van der Waals surface area (Å²) in [6.45, 7) is 0. The van der Waals surface area contributed by atoms with Crippen LogP contribution < -0.4 is 43.5 Å². The topological polar surface area (TPSA) is 174 Å². The molecule has 0 heterocycles. The summed E-state index contributed by atoms with van der Waals surface area (Å²) < 4.78 is 22.5. The number of phenolic OH excluding ortho intramolecular Hbond substituents is 4. The van der Waals surface area contributed by atoms with Gasteiger partial charge in [0.15, 0.2) is 11.6 Å². The first-order chi connectivity index (χ1) is 19.5. The summed E-state index contributed by atoms with van der Waals surface area (Å²) in [6, 6.07) is 19.6. The zero-order valence-corrected chi connectivity index (χ0v) is 25.5. The Kier molecular flexibility index (Phi) is 11.2. The number of phosphoric ester groups is 1. The van der Waals surface area contributed by atoms with Crippen LogP contribution in [0.1, 0.15) is 44.7 Å². The van der Waals surface area contributed by atoms with E-state index in [0.717, 1.165) is 23.3 Å². The van der Waals surface area contributed by atoms with Gasteiger partial charge in [-0.15, -0.1) is 0 Å². The summed E-state index contributed by atoms with van der Waals surface area (Å²) >= 11 is 0. The normalized spacial score (nSPS) is 10.9. The molecule has 0 amide bonds. The van der Waals surface area contributed by atoms with Crippen molar-refractivity contribution in [3.8, 4) is 34.5 Å². The van der Waals surface area contributed by atoms with Crippen LogP contribution in [0.5, 0.6) is 34.5 Å². The predicted molar refractivity (Wildman–Crippen MR) is 147 cm³/mol. The third-order valence-electron chi connectivity index (χ3n) is 6.13. The molecule has 0 unspecified atom stereocenters. The average molecular weight is 600 g/mol. The molecule has 10 nitrogen and oxygen atoms in total. The monoisotopic (exact) mass is 600 g/mol. The Balaban J connectivity index is 0.00000484. The van der Waals surface area contributed by atoms with Crippen LogP contribution in [-0.4, -0.2) is 32.0 Å². The predicted octanol–water partition coefficient (Wildman–Crippen LogP) is 2.07. The summed E-state index contributed by atoms with van der Waals surface area (Å²) in [6.07, 6.45) is 0.842. The van der Waals surface area contributed by atoms with E-state index in [0.29, 0.717) is 12.8 Å². The maximum atomic E-state index is 12.4. The van der Waals surface area contributed by atoms with Gasteiger partial charge in [0.2, 0.25) is 0 Å². The average Bonchev–Trinajstić information content (AvgIpc) is 2.91. The molecule has 0 saturated heterocycles. The molecular weight excluding hydrogens is 574 g/mol. The van der Waals surface area contributed by atoms with E-state index in [1.807, 2.05) is 0 Å². The van der Waals surface area contributed by atoms with Crippen LogP contribution in [0, 0.1) is 0 Å². The van der Waals surface area contributed by atoms with Gasteiger partial charge in [0, 0.05) is 25.0 Å². The minimum atomic E-state index is -4.78. The maximum Gasteiger partial charge on any atom is 1.00 e. The third-order valence-corrected chi connectivity index (χ3v) is 6.99. The van der Waals surface area contributed by atoms with Crippen LogP contribution in [0.2, 0.25) is 0 Å². The third kappa shape index (κ3) is 9.11. The second kappa shape index (κ2) is 14.4. The molecule has 4 rings (SSSR count). The maximum absolute atomic E-state index is 12.4. The van der Waals surface area contributed by atoms with E-state index in [2.05, 4.69) is 0 Å². The first-order valence-electron chi connectivity index (χ1n) is 12.5. The van der Waals surface area contributed by atoms with E-state index in [-0.39, 0.29) is 99.6 Å². The number of aryl methyl sites for hydroxylation is 2. The van der Waals surface area contributed by atoms with Crippen molar-refractivity contribution in [2.24, 2.45) is 0 Å². The van der Waals surface area contributed by atoms with Crippen molar-refractivity contribution in [2.75, 3.05) is 0 Å². The van der Waals surface area contributed by atoms with Crippen molar-refractivity contribution in [2.45, 2.75) is 25.7 Å². The van der Waals surface area contributed by atoms with E-state index >= 15 is 0 Å². The number of benzene rings is 4. The van der Waals surface area contributed by atoms with Crippen LogP contribution >= 0.6 is 7.82 Å². The molecule has 0 radical (unpaired) electrons. The summed E-state index contributed by atoms with van der Waals surface area (Å²) in [5, 5.41) is 38.4. The Morgan fingerprint density at radius 1 is 0.619 bits per heavy atom. The molecule has 0 aromatic heterocycles. The number of phenols is 4. The van der Waals surface area contributed by atoms with E-state index in [4.69, 9.17) is 9.05 Å². The molecule has 0 aliphatic carbocycles. The molecule has 212 valence electrons. The van der Waals surface area contributed by atoms with Gasteiger partial charge in [-0.05, 0) is 72.5 Å². The largest absolute Gasteiger partial charge is 1.00 e. The van der Waals surface area contributed by atoms with Gasteiger partial charge in [0.1, 0.15) is 34.5 Å². The molecule has 0 aliphatic rings. The van der Waals surface area contributed by atoms with Gasteiger partial charge in [0.25, 0.3) is 0 Å². The standard InChI is InChI=1S/C30H27O10P.Na/c31-21-7-13-25(29(35)17-21)27(33)15-5-19-1-9-23(10-2-19)39-41(37,38)40-24-11-3-20(4-12-24)6-16-28(34)26-14-8-22(32)18-30(26)36;/h1-4,7-14,17-18,31-32,35-36H,5-6,15-16H2,(H,37,38);/q;+1/p-1. The number of phosphoric acid groups is 1. The van der Waals surface area contributed by atoms with Crippen LogP contribution in [-0.2, 0) is 17.4 Å². The number of aromatic hydroxyl groups is 4. The van der Waals surface area contributed by atoms with Gasteiger partial charge in [-0.3, -0.25) is 9.59 Å². The fourth-order valence-corrected chi connectivity index (χ4v) is 4.80. The molecule has 4 aromatic carbocycles. The number of hydrogen-bond donors (Lipinski definition) is 4. The molecule has 0 spiro atoms. The fourth-order valence-electron chi connectivity index (χ4n) is 4.01. The van der Waals surface area contributed by atoms with E-state index < -0.39 is 7.82 Å². The first-order valence-corrected chi connectivity index (χ1v) is 13.9. The van der Waals surface area contributed by atoms with Crippen LogP contribution in [0.3, 0.4) is 0 Å². The summed E-state index contributed by atoms with van der Waals surface area (Å²) in [4.78, 5) is 37.1. The van der Waals surface area contributed by atoms with Crippen molar-refractivity contribution in [3.63, 3.8) is 0 Å². The number of carbonyl (C=O) groups excluding carboxylic acids is 2. The SMILES string of the molecule is O=C(CCc1ccc(OP(=O)([O-])Oc2ccc(CCC(=O)c3ccc(O)cc3O)cc2)cc1)c1ccc(O)cc1O.[Na+]. The minimum Gasteiger partial charge on any atom is -0.736 e. The molecule has 0 fully saturated rings. The van der Waals surface area contributed by atoms with E-state index in [1.165, 1.54) is 48.5 Å². The van der Waals surface area contributed by atoms with Gasteiger partial charge in [0.05, 0.1) is 11.1 Å². The van der Waals surface area contributed by atoms with Crippen molar-refractivity contribution >= 4 is 19.4 Å². The second-order valence-electron chi connectivity index (χ2n) is 9.17. The zero-order valence-electron chi connectivity index (χ0n) is 22.6. The minimum absolute atomic E-state index is 0. The molecular formula is C30H26NaO10P. The number of rotatable bonds is 12. The molecule has 42 heavy (non-hydrogen) atoms. The molecule has 0 aliphatic heterocycles. The number of hydrogen-bond acceptors (Lipinski definition) is 10. The Morgan fingerprint density at radius 3 is 1.31 bits per heavy atom. The summed E-state index contributed by atoms with van der Waals surface area (Å²) in [5.41, 5.74) is 1.67. The van der Waals surface area contributed by atoms with Crippen molar-refractivity contribution in [1.82, 2.24) is 0 Å². The number of carbonyl (C=O) groups is 2. The van der Waals surface area contributed by atoms with Crippen molar-refractivity contribution < 1.29 is 78.1 Å². The van der Waals surface area contributed by atoms with E-state index in [1.54, 1.807) is 24.3 Å². The smallest absolute Gasteiger partial charge is 0.736 e. The Morgan fingerprint density at radius 2 is 0.976 bits per heavy atom. The Hall–Kier alpha value is -3.79. The Bertz CT molecular complexity index is 1490. The Labute approximate surface area is 263 Å². The molecule has 4 aromatic rings. The zero-order chi connectivity index (χ0) is 29.6. The van der Waals surface area contributed by atoms with Crippen molar-refractivity contribution in [1.29, 1.82) is 0 Å². The number of Topliss-reactive ketones (excluding diaryl/α,β-unsaturated/α-hetero) is 2. The van der Waals surface area contributed by atoms with Gasteiger partial charge in [-0.25, -0.2) is 4.57 Å². The van der Waals surface area contributed by atoms with Gasteiger partial charge in [-0.1, -0.05) is 24.3 Å². The van der Waals surface area contributed by atoms with E-state index in [9.17, 15) is 39.5 Å². The van der Waals surface area contributed by atoms with Gasteiger partial charge in [-0.2, -0.15) is 0 Å². The van der Waals surface area contributed by atoms with Gasteiger partial charge < -0.3 is 34.4 Å². The molecule has 0 bridgehead atoms. The molecule has 4 N–H and O–H groups in total. The molecule has 0 saturated carbocycles. The van der Waals surface area contributed by atoms with Crippen LogP contribution in [0.15, 0.2) is 84.9 Å². The van der Waals surface area contributed by atoms with Gasteiger partial charge >= 0.3 is 37.4 Å². The fraction of sp³-hybridized carbons (Fsp3) is 0.133. The van der Waals surface area contributed by atoms with Crippen LogP contribution in [0.4, 0.5) is 0 Å². The number of ketones is 2. The second-order valence-corrected chi connectivity index (χ2v) is 10.4.